The van der Waals surface area contributed by atoms with Crippen LogP contribution in [0.5, 0.6) is 0 Å². The highest BCUT2D eigenvalue weighted by Crippen LogP contribution is 2.36. The lowest BCUT2D eigenvalue weighted by atomic mass is 9.86. The second-order valence-corrected chi connectivity index (χ2v) is 4.74. The average molecular weight is 246 g/mol. The smallest absolute Gasteiger partial charge is 0.248 e. The third-order valence-corrected chi connectivity index (χ3v) is 3.42. The van der Waals surface area contributed by atoms with Gasteiger partial charge in [-0.15, -0.1) is 0 Å². The van der Waals surface area contributed by atoms with Crippen LogP contribution in [-0.2, 0) is 9.59 Å². The van der Waals surface area contributed by atoms with Crippen molar-refractivity contribution in [1.82, 2.24) is 10.2 Å². The molecule has 0 spiro atoms. The van der Waals surface area contributed by atoms with E-state index in [1.807, 2.05) is 0 Å². The molecule has 1 heterocycles. The van der Waals surface area contributed by atoms with Crippen molar-refractivity contribution in [1.29, 1.82) is 0 Å². The van der Waals surface area contributed by atoms with Crippen molar-refractivity contribution in [2.45, 2.75) is 31.6 Å². The third kappa shape index (κ3) is 2.92. The summed E-state index contributed by atoms with van der Waals surface area (Å²) in [5.41, 5.74) is 0. The van der Waals surface area contributed by atoms with Crippen LogP contribution < -0.4 is 5.32 Å². The van der Waals surface area contributed by atoms with Gasteiger partial charge >= 0.3 is 0 Å². The van der Waals surface area contributed by atoms with Gasteiger partial charge in [-0.25, -0.2) is 8.78 Å². The molecule has 2 amide bonds. The molecule has 6 heteroatoms. The van der Waals surface area contributed by atoms with E-state index in [-0.39, 0.29) is 50.0 Å². The lowest BCUT2D eigenvalue weighted by Crippen LogP contribution is -2.52. The zero-order valence-electron chi connectivity index (χ0n) is 9.55. The number of hydrogen-bond acceptors (Lipinski definition) is 2. The molecule has 1 aliphatic carbocycles. The quantitative estimate of drug-likeness (QED) is 0.743. The molecule has 0 aromatic rings. The SMILES string of the molecule is O=C1CN(C(=O)C2CCC(F)(F)CC2)CCN1. The minimum atomic E-state index is -2.62. The Labute approximate surface area is 98.3 Å². The number of carbonyl (C=O) groups excluding carboxylic acids is 2. The molecule has 4 nitrogen and oxygen atoms in total. The van der Waals surface area contributed by atoms with Gasteiger partial charge in [0.2, 0.25) is 17.7 Å². The molecule has 17 heavy (non-hydrogen) atoms. The van der Waals surface area contributed by atoms with Crippen LogP contribution in [0.1, 0.15) is 25.7 Å². The van der Waals surface area contributed by atoms with E-state index >= 15 is 0 Å². The van der Waals surface area contributed by atoms with E-state index in [1.54, 1.807) is 0 Å². The number of halogens is 2. The first-order chi connectivity index (χ1) is 7.98. The minimum Gasteiger partial charge on any atom is -0.353 e. The van der Waals surface area contributed by atoms with Gasteiger partial charge in [0, 0.05) is 31.8 Å². The Bertz CT molecular complexity index is 323. The van der Waals surface area contributed by atoms with E-state index in [0.29, 0.717) is 13.1 Å². The summed E-state index contributed by atoms with van der Waals surface area (Å²) in [6, 6.07) is 0. The maximum atomic E-state index is 13.0. The highest BCUT2D eigenvalue weighted by Gasteiger charge is 2.39. The minimum absolute atomic E-state index is 0.0612. The van der Waals surface area contributed by atoms with Gasteiger partial charge in [-0.1, -0.05) is 0 Å². The second kappa shape index (κ2) is 4.58. The second-order valence-electron chi connectivity index (χ2n) is 4.74. The number of amides is 2. The molecule has 0 atom stereocenters. The molecule has 1 N–H and O–H groups in total. The Morgan fingerprint density at radius 1 is 1.35 bits per heavy atom. The number of alkyl halides is 2. The van der Waals surface area contributed by atoms with E-state index in [0.717, 1.165) is 0 Å². The van der Waals surface area contributed by atoms with Gasteiger partial charge in [0.25, 0.3) is 0 Å². The normalized spacial score (nSPS) is 25.5. The van der Waals surface area contributed by atoms with Gasteiger partial charge in [-0.2, -0.15) is 0 Å². The zero-order chi connectivity index (χ0) is 12.5. The van der Waals surface area contributed by atoms with E-state index < -0.39 is 5.92 Å². The average Bonchev–Trinajstić information content (AvgIpc) is 2.28. The lowest BCUT2D eigenvalue weighted by Gasteiger charge is -2.33. The number of rotatable bonds is 1. The van der Waals surface area contributed by atoms with Crippen LogP contribution in [0.2, 0.25) is 0 Å². The van der Waals surface area contributed by atoms with Gasteiger partial charge in [-0.3, -0.25) is 9.59 Å². The fraction of sp³-hybridized carbons (Fsp3) is 0.818. The van der Waals surface area contributed by atoms with Crippen molar-refractivity contribution in [2.75, 3.05) is 19.6 Å². The highest BCUT2D eigenvalue weighted by molar-refractivity contribution is 5.87. The van der Waals surface area contributed by atoms with Crippen LogP contribution in [0.15, 0.2) is 0 Å². The number of nitrogens with one attached hydrogen (secondary N) is 1. The summed E-state index contributed by atoms with van der Waals surface area (Å²) < 4.78 is 25.9. The maximum Gasteiger partial charge on any atom is 0.248 e. The predicted molar refractivity (Wildman–Crippen MR) is 56.5 cm³/mol. The molecule has 1 saturated heterocycles. The van der Waals surface area contributed by atoms with Crippen molar-refractivity contribution in [3.8, 4) is 0 Å². The molecule has 96 valence electrons. The van der Waals surface area contributed by atoms with Crippen LogP contribution in [0.25, 0.3) is 0 Å². The number of hydrogen-bond donors (Lipinski definition) is 1. The Morgan fingerprint density at radius 2 is 2.00 bits per heavy atom. The van der Waals surface area contributed by atoms with Crippen molar-refractivity contribution >= 4 is 11.8 Å². The molecule has 2 fully saturated rings. The summed E-state index contributed by atoms with van der Waals surface area (Å²) >= 11 is 0. The van der Waals surface area contributed by atoms with E-state index in [9.17, 15) is 18.4 Å². The Kier molecular flexibility index (Phi) is 3.31. The first-order valence-corrected chi connectivity index (χ1v) is 5.91. The molecular weight excluding hydrogens is 230 g/mol. The number of piperazine rings is 1. The van der Waals surface area contributed by atoms with Crippen molar-refractivity contribution in [2.24, 2.45) is 5.92 Å². The molecular formula is C11H16F2N2O2. The third-order valence-electron chi connectivity index (χ3n) is 3.42. The van der Waals surface area contributed by atoms with Crippen molar-refractivity contribution < 1.29 is 18.4 Å². The van der Waals surface area contributed by atoms with Crippen LogP contribution in [-0.4, -0.2) is 42.3 Å². The van der Waals surface area contributed by atoms with Crippen LogP contribution in [0.4, 0.5) is 8.78 Å². The van der Waals surface area contributed by atoms with Gasteiger partial charge in [0.1, 0.15) is 0 Å². The molecule has 0 aromatic carbocycles. The molecule has 0 bridgehead atoms. The fourth-order valence-electron chi connectivity index (χ4n) is 2.37. The van der Waals surface area contributed by atoms with E-state index in [4.69, 9.17) is 0 Å². The number of carbonyl (C=O) groups is 2. The molecule has 1 saturated carbocycles. The Balaban J connectivity index is 1.90. The topological polar surface area (TPSA) is 49.4 Å². The van der Waals surface area contributed by atoms with E-state index in [2.05, 4.69) is 5.32 Å². The summed E-state index contributed by atoms with van der Waals surface area (Å²) in [4.78, 5) is 24.6. The van der Waals surface area contributed by atoms with Crippen LogP contribution >= 0.6 is 0 Å². The predicted octanol–water partition coefficient (Wildman–Crippen LogP) is 0.770. The van der Waals surface area contributed by atoms with Crippen molar-refractivity contribution in [3.63, 3.8) is 0 Å². The lowest BCUT2D eigenvalue weighted by molar-refractivity contribution is -0.144. The molecule has 1 aliphatic heterocycles. The van der Waals surface area contributed by atoms with Crippen LogP contribution in [0, 0.1) is 5.92 Å². The Morgan fingerprint density at radius 3 is 2.59 bits per heavy atom. The fourth-order valence-corrected chi connectivity index (χ4v) is 2.37. The maximum absolute atomic E-state index is 13.0. The Hall–Kier alpha value is -1.20. The largest absolute Gasteiger partial charge is 0.353 e. The van der Waals surface area contributed by atoms with E-state index in [1.165, 1.54) is 4.90 Å². The van der Waals surface area contributed by atoms with Gasteiger partial charge in [0.15, 0.2) is 0 Å². The zero-order valence-corrected chi connectivity index (χ0v) is 9.55. The van der Waals surface area contributed by atoms with Crippen LogP contribution in [0.3, 0.4) is 0 Å². The molecule has 2 rings (SSSR count). The monoisotopic (exact) mass is 246 g/mol. The van der Waals surface area contributed by atoms with Gasteiger partial charge < -0.3 is 10.2 Å². The first kappa shape index (κ1) is 12.3. The van der Waals surface area contributed by atoms with Gasteiger partial charge in [-0.05, 0) is 12.8 Å². The summed E-state index contributed by atoms with van der Waals surface area (Å²) in [5.74, 6) is -3.27. The molecule has 2 aliphatic rings. The summed E-state index contributed by atoms with van der Waals surface area (Å²) in [7, 11) is 0. The summed E-state index contributed by atoms with van der Waals surface area (Å²) in [6.07, 6.45) is 0.0147. The summed E-state index contributed by atoms with van der Waals surface area (Å²) in [6.45, 7) is 0.997. The first-order valence-electron chi connectivity index (χ1n) is 5.91. The molecule has 0 radical (unpaired) electrons. The highest BCUT2D eigenvalue weighted by atomic mass is 19.3. The molecule has 0 unspecified atom stereocenters. The number of nitrogens with zero attached hydrogens (tertiary/aromatic N) is 1. The molecule has 0 aromatic heterocycles. The summed E-state index contributed by atoms with van der Waals surface area (Å²) in [5, 5.41) is 2.63. The van der Waals surface area contributed by atoms with Gasteiger partial charge in [0.05, 0.1) is 6.54 Å². The standard InChI is InChI=1S/C11H16F2N2O2/c12-11(13)3-1-8(2-4-11)10(17)15-6-5-14-9(16)7-15/h8H,1-7H2,(H,14,16). The van der Waals surface area contributed by atoms with Crippen molar-refractivity contribution in [3.05, 3.63) is 0 Å².